The van der Waals surface area contributed by atoms with E-state index in [2.05, 4.69) is 20.8 Å². The van der Waals surface area contributed by atoms with Crippen molar-refractivity contribution in [3.8, 4) is 0 Å². The molecule has 0 atom stereocenters. The van der Waals surface area contributed by atoms with Gasteiger partial charge in [0.2, 0.25) is 0 Å². The Balaban J connectivity index is 2.05. The first-order valence-corrected chi connectivity index (χ1v) is 6.09. The summed E-state index contributed by atoms with van der Waals surface area (Å²) in [6.45, 7) is 4.91. The van der Waals surface area contributed by atoms with E-state index < -0.39 is 0 Å². The van der Waals surface area contributed by atoms with Crippen LogP contribution in [0.1, 0.15) is 19.0 Å². The van der Waals surface area contributed by atoms with E-state index in [0.29, 0.717) is 11.7 Å². The van der Waals surface area contributed by atoms with Crippen LogP contribution in [0, 0.1) is 0 Å². The zero-order chi connectivity index (χ0) is 12.3. The molecule has 0 aliphatic rings. The van der Waals surface area contributed by atoms with Gasteiger partial charge in [0.1, 0.15) is 0 Å². The second kappa shape index (κ2) is 8.83. The van der Waals surface area contributed by atoms with Crippen LogP contribution in [0.4, 0.5) is 0 Å². The molecule has 0 radical (unpaired) electrons. The highest BCUT2D eigenvalue weighted by atomic mass is 32.1. The molecular formula is C11H18N4OS. The molecule has 0 amide bonds. The number of thiocarbonyl (C=S) groups is 1. The van der Waals surface area contributed by atoms with Crippen LogP contribution in [0.3, 0.4) is 0 Å². The summed E-state index contributed by atoms with van der Waals surface area (Å²) in [5.41, 5.74) is 0.867. The van der Waals surface area contributed by atoms with Crippen LogP contribution in [-0.2, 0) is 11.3 Å². The molecule has 0 saturated heterocycles. The summed E-state index contributed by atoms with van der Waals surface area (Å²) < 4.78 is 5.22. The van der Waals surface area contributed by atoms with E-state index in [1.54, 1.807) is 6.20 Å². The maximum absolute atomic E-state index is 5.22. The lowest BCUT2D eigenvalue weighted by Gasteiger charge is -2.09. The Hall–Kier alpha value is -1.27. The number of hydrogen-bond acceptors (Lipinski definition) is 4. The average molecular weight is 254 g/mol. The van der Waals surface area contributed by atoms with Crippen molar-refractivity contribution < 1.29 is 4.74 Å². The normalized spacial score (nSPS) is 9.94. The van der Waals surface area contributed by atoms with Crippen LogP contribution < -0.4 is 10.6 Å². The Labute approximate surface area is 107 Å². The third kappa shape index (κ3) is 6.80. The molecule has 2 N–H and O–H groups in total. The second-order valence-electron chi connectivity index (χ2n) is 3.37. The van der Waals surface area contributed by atoms with E-state index in [0.717, 1.165) is 31.9 Å². The molecule has 1 heterocycles. The van der Waals surface area contributed by atoms with E-state index in [1.165, 1.54) is 0 Å². The van der Waals surface area contributed by atoms with Crippen molar-refractivity contribution in [2.45, 2.75) is 19.9 Å². The van der Waals surface area contributed by atoms with Gasteiger partial charge in [0.15, 0.2) is 5.11 Å². The zero-order valence-corrected chi connectivity index (χ0v) is 10.8. The fourth-order valence-corrected chi connectivity index (χ4v) is 1.36. The zero-order valence-electron chi connectivity index (χ0n) is 9.98. The Bertz CT molecular complexity index is 321. The van der Waals surface area contributed by atoms with Gasteiger partial charge in [0.05, 0.1) is 12.2 Å². The summed E-state index contributed by atoms with van der Waals surface area (Å²) in [6.07, 6.45) is 2.59. The maximum atomic E-state index is 5.22. The fraction of sp³-hybridized carbons (Fsp3) is 0.545. The van der Waals surface area contributed by atoms with Crippen LogP contribution in [0.25, 0.3) is 0 Å². The van der Waals surface area contributed by atoms with E-state index in [-0.39, 0.29) is 0 Å². The highest BCUT2D eigenvalue weighted by Gasteiger charge is 1.96. The van der Waals surface area contributed by atoms with Gasteiger partial charge in [-0.15, -0.1) is 0 Å². The lowest BCUT2D eigenvalue weighted by atomic mass is 10.4. The second-order valence-corrected chi connectivity index (χ2v) is 3.78. The molecule has 1 aromatic rings. The van der Waals surface area contributed by atoms with Gasteiger partial charge >= 0.3 is 0 Å². The highest BCUT2D eigenvalue weighted by molar-refractivity contribution is 7.80. The Kier molecular flexibility index (Phi) is 7.17. The quantitative estimate of drug-likeness (QED) is 0.556. The molecule has 94 valence electrons. The number of hydrogen-bond donors (Lipinski definition) is 2. The van der Waals surface area contributed by atoms with Gasteiger partial charge in [-0.05, 0) is 37.7 Å². The predicted octanol–water partition coefficient (Wildman–Crippen LogP) is 0.867. The van der Waals surface area contributed by atoms with Crippen molar-refractivity contribution in [1.29, 1.82) is 0 Å². The predicted molar refractivity (Wildman–Crippen MR) is 70.6 cm³/mol. The Morgan fingerprint density at radius 2 is 2.35 bits per heavy atom. The Morgan fingerprint density at radius 3 is 3.06 bits per heavy atom. The van der Waals surface area contributed by atoms with Crippen molar-refractivity contribution >= 4 is 17.3 Å². The molecule has 0 saturated carbocycles. The molecule has 0 unspecified atom stereocenters. The summed E-state index contributed by atoms with van der Waals surface area (Å²) in [7, 11) is 0. The molecule has 17 heavy (non-hydrogen) atoms. The molecule has 0 bridgehead atoms. The standard InChI is InChI=1S/C11H18N4OS/c1-2-16-8-4-6-12-11(17)13-9-10-5-3-7-14-15-10/h3,5,7H,2,4,6,8-9H2,1H3,(H2,12,13,17). The van der Waals surface area contributed by atoms with E-state index >= 15 is 0 Å². The highest BCUT2D eigenvalue weighted by Crippen LogP contribution is 1.89. The third-order valence-corrected chi connectivity index (χ3v) is 2.30. The average Bonchev–Trinajstić information content (AvgIpc) is 2.37. The van der Waals surface area contributed by atoms with E-state index in [4.69, 9.17) is 17.0 Å². The lowest BCUT2D eigenvalue weighted by Crippen LogP contribution is -2.35. The number of rotatable bonds is 7. The fourth-order valence-electron chi connectivity index (χ4n) is 1.18. The molecule has 0 aromatic carbocycles. The summed E-state index contributed by atoms with van der Waals surface area (Å²) in [4.78, 5) is 0. The van der Waals surface area contributed by atoms with Gasteiger partial charge in [0.25, 0.3) is 0 Å². The minimum atomic E-state index is 0.588. The van der Waals surface area contributed by atoms with Crippen LogP contribution in [0.15, 0.2) is 18.3 Å². The minimum absolute atomic E-state index is 0.588. The van der Waals surface area contributed by atoms with Crippen LogP contribution in [0.2, 0.25) is 0 Å². The van der Waals surface area contributed by atoms with Gasteiger partial charge in [0, 0.05) is 26.0 Å². The van der Waals surface area contributed by atoms with Crippen LogP contribution in [-0.4, -0.2) is 35.1 Å². The van der Waals surface area contributed by atoms with E-state index in [1.807, 2.05) is 19.1 Å². The van der Waals surface area contributed by atoms with Gasteiger partial charge < -0.3 is 15.4 Å². The largest absolute Gasteiger partial charge is 0.382 e. The number of ether oxygens (including phenoxy) is 1. The van der Waals surface area contributed by atoms with Gasteiger partial charge in [-0.3, -0.25) is 0 Å². The van der Waals surface area contributed by atoms with Crippen molar-refractivity contribution in [2.24, 2.45) is 0 Å². The van der Waals surface area contributed by atoms with Crippen molar-refractivity contribution in [1.82, 2.24) is 20.8 Å². The number of nitrogens with zero attached hydrogens (tertiary/aromatic N) is 2. The summed E-state index contributed by atoms with van der Waals surface area (Å²) in [5.74, 6) is 0. The molecule has 0 fully saturated rings. The molecule has 0 spiro atoms. The minimum Gasteiger partial charge on any atom is -0.382 e. The van der Waals surface area contributed by atoms with E-state index in [9.17, 15) is 0 Å². The Morgan fingerprint density at radius 1 is 1.47 bits per heavy atom. The SMILES string of the molecule is CCOCCCNC(=S)NCc1cccnn1. The summed E-state index contributed by atoms with van der Waals surface area (Å²) >= 11 is 5.12. The third-order valence-electron chi connectivity index (χ3n) is 2.01. The monoisotopic (exact) mass is 254 g/mol. The van der Waals surface area contributed by atoms with Gasteiger partial charge in [-0.2, -0.15) is 10.2 Å². The van der Waals surface area contributed by atoms with Crippen LogP contribution >= 0.6 is 12.2 Å². The first kappa shape index (κ1) is 13.8. The first-order chi connectivity index (χ1) is 8.33. The molecule has 6 heteroatoms. The number of nitrogens with one attached hydrogen (secondary N) is 2. The topological polar surface area (TPSA) is 59.1 Å². The molecule has 5 nitrogen and oxygen atoms in total. The first-order valence-electron chi connectivity index (χ1n) is 5.69. The smallest absolute Gasteiger partial charge is 0.166 e. The number of aromatic nitrogens is 2. The lowest BCUT2D eigenvalue weighted by molar-refractivity contribution is 0.145. The van der Waals surface area contributed by atoms with Gasteiger partial charge in [-0.1, -0.05) is 0 Å². The van der Waals surface area contributed by atoms with Crippen molar-refractivity contribution in [3.05, 3.63) is 24.0 Å². The van der Waals surface area contributed by atoms with Crippen molar-refractivity contribution in [2.75, 3.05) is 19.8 Å². The molecule has 0 aliphatic heterocycles. The van der Waals surface area contributed by atoms with Crippen molar-refractivity contribution in [3.63, 3.8) is 0 Å². The summed E-state index contributed by atoms with van der Waals surface area (Å²) in [5, 5.41) is 14.5. The molecule has 1 rings (SSSR count). The molecule has 0 aliphatic carbocycles. The maximum Gasteiger partial charge on any atom is 0.166 e. The van der Waals surface area contributed by atoms with Gasteiger partial charge in [-0.25, -0.2) is 0 Å². The summed E-state index contributed by atoms with van der Waals surface area (Å²) in [6, 6.07) is 3.75. The molecular weight excluding hydrogens is 236 g/mol. The van der Waals surface area contributed by atoms with Crippen LogP contribution in [0.5, 0.6) is 0 Å². The molecule has 1 aromatic heterocycles.